The number of carbonyl (C=O) groups is 1. The highest BCUT2D eigenvalue weighted by molar-refractivity contribution is 6.30. The van der Waals surface area contributed by atoms with E-state index in [1.165, 1.54) is 30.3 Å². The molecule has 0 fully saturated rings. The number of aromatic amines is 1. The van der Waals surface area contributed by atoms with E-state index < -0.39 is 10.9 Å². The Morgan fingerprint density at radius 3 is 2.48 bits per heavy atom. The van der Waals surface area contributed by atoms with Crippen molar-refractivity contribution in [3.8, 4) is 11.3 Å². The lowest BCUT2D eigenvalue weighted by molar-refractivity contribution is -0.384. The molecule has 0 radical (unpaired) electrons. The third kappa shape index (κ3) is 4.28. The van der Waals surface area contributed by atoms with Gasteiger partial charge >= 0.3 is 5.97 Å². The first-order valence-corrected chi connectivity index (χ1v) is 7.93. The van der Waals surface area contributed by atoms with Gasteiger partial charge in [0.1, 0.15) is 5.69 Å². The molecule has 0 aliphatic rings. The number of H-pyrrole nitrogens is 1. The van der Waals surface area contributed by atoms with Crippen molar-refractivity contribution in [3.05, 3.63) is 81.0 Å². The number of hydrogen-bond acceptors (Lipinski definition) is 6. The standard InChI is InChI=1S/C17H12ClN5O4/c18-12-5-1-10(2-6-12)14-9-15(21-20-14)17(24)27-22-16(19)11-3-7-13(8-4-11)23(25)26/h1-9H,(H2,19,22)(H,20,21). The average Bonchev–Trinajstić information content (AvgIpc) is 3.16. The van der Waals surface area contributed by atoms with Gasteiger partial charge in [0.2, 0.25) is 0 Å². The number of nitro groups is 1. The summed E-state index contributed by atoms with van der Waals surface area (Å²) in [7, 11) is 0. The van der Waals surface area contributed by atoms with Gasteiger partial charge < -0.3 is 10.6 Å². The molecule has 1 heterocycles. The summed E-state index contributed by atoms with van der Waals surface area (Å²) in [5.74, 6) is -0.886. The number of nitrogens with zero attached hydrogens (tertiary/aromatic N) is 3. The molecule has 27 heavy (non-hydrogen) atoms. The Kier molecular flexibility index (Phi) is 5.13. The second kappa shape index (κ2) is 7.67. The minimum absolute atomic E-state index is 0.0835. The number of benzene rings is 2. The number of halogens is 1. The van der Waals surface area contributed by atoms with Crippen LogP contribution in [0.5, 0.6) is 0 Å². The second-order valence-corrected chi connectivity index (χ2v) is 5.77. The van der Waals surface area contributed by atoms with Gasteiger partial charge in [-0.25, -0.2) is 4.79 Å². The van der Waals surface area contributed by atoms with E-state index in [0.717, 1.165) is 5.56 Å². The Hall–Kier alpha value is -3.72. The molecular formula is C17H12ClN5O4. The number of nitrogens with two attached hydrogens (primary N) is 1. The first kappa shape index (κ1) is 18.1. The van der Waals surface area contributed by atoms with Crippen LogP contribution in [0.1, 0.15) is 16.1 Å². The quantitative estimate of drug-likeness (QED) is 0.227. The largest absolute Gasteiger partial charge is 0.383 e. The zero-order chi connectivity index (χ0) is 19.4. The van der Waals surface area contributed by atoms with Gasteiger partial charge in [-0.05, 0) is 30.3 Å². The maximum absolute atomic E-state index is 12.1. The Morgan fingerprint density at radius 2 is 1.85 bits per heavy atom. The van der Waals surface area contributed by atoms with Gasteiger partial charge in [0.05, 0.1) is 10.6 Å². The summed E-state index contributed by atoms with van der Waals surface area (Å²) in [4.78, 5) is 26.9. The third-order valence-electron chi connectivity index (χ3n) is 3.54. The molecule has 0 unspecified atom stereocenters. The summed E-state index contributed by atoms with van der Waals surface area (Å²) in [5.41, 5.74) is 7.39. The van der Waals surface area contributed by atoms with Crippen LogP contribution in [0.2, 0.25) is 5.02 Å². The van der Waals surface area contributed by atoms with Gasteiger partial charge in [-0.2, -0.15) is 5.10 Å². The molecule has 0 aliphatic heterocycles. The van der Waals surface area contributed by atoms with Gasteiger partial charge in [0, 0.05) is 28.3 Å². The molecule has 0 saturated carbocycles. The summed E-state index contributed by atoms with van der Waals surface area (Å²) in [6, 6.07) is 13.8. The smallest absolute Gasteiger partial charge is 0.380 e. The number of non-ortho nitro benzene ring substituents is 1. The van der Waals surface area contributed by atoms with E-state index in [1.807, 2.05) is 0 Å². The van der Waals surface area contributed by atoms with Crippen molar-refractivity contribution in [2.45, 2.75) is 0 Å². The number of nitro benzene ring substituents is 1. The van der Waals surface area contributed by atoms with E-state index >= 15 is 0 Å². The maximum atomic E-state index is 12.1. The van der Waals surface area contributed by atoms with Crippen LogP contribution in [0, 0.1) is 10.1 Å². The van der Waals surface area contributed by atoms with E-state index in [-0.39, 0.29) is 17.2 Å². The Morgan fingerprint density at radius 1 is 1.19 bits per heavy atom. The normalized spacial score (nSPS) is 11.2. The number of hydrogen-bond donors (Lipinski definition) is 2. The van der Waals surface area contributed by atoms with E-state index in [9.17, 15) is 14.9 Å². The highest BCUT2D eigenvalue weighted by atomic mass is 35.5. The van der Waals surface area contributed by atoms with Crippen molar-refractivity contribution in [2.24, 2.45) is 10.9 Å². The van der Waals surface area contributed by atoms with Gasteiger partial charge in [0.15, 0.2) is 5.84 Å². The molecule has 0 atom stereocenters. The van der Waals surface area contributed by atoms with E-state index in [0.29, 0.717) is 16.3 Å². The lowest BCUT2D eigenvalue weighted by atomic mass is 10.1. The van der Waals surface area contributed by atoms with Crippen molar-refractivity contribution in [3.63, 3.8) is 0 Å². The first-order chi connectivity index (χ1) is 12.9. The van der Waals surface area contributed by atoms with Crippen molar-refractivity contribution in [2.75, 3.05) is 0 Å². The van der Waals surface area contributed by atoms with Crippen LogP contribution in [0.4, 0.5) is 5.69 Å². The first-order valence-electron chi connectivity index (χ1n) is 7.55. The molecule has 0 amide bonds. The van der Waals surface area contributed by atoms with Crippen LogP contribution < -0.4 is 5.73 Å². The number of nitrogens with one attached hydrogen (secondary N) is 1. The van der Waals surface area contributed by atoms with Gasteiger partial charge in [-0.15, -0.1) is 0 Å². The van der Waals surface area contributed by atoms with Crippen LogP contribution in [-0.2, 0) is 4.84 Å². The molecule has 3 rings (SSSR count). The van der Waals surface area contributed by atoms with Crippen LogP contribution in [0.15, 0.2) is 59.8 Å². The Labute approximate surface area is 157 Å². The van der Waals surface area contributed by atoms with Crippen molar-refractivity contribution < 1.29 is 14.6 Å². The predicted octanol–water partition coefficient (Wildman–Crippen LogP) is 3.12. The summed E-state index contributed by atoms with van der Waals surface area (Å²) in [6.07, 6.45) is 0. The predicted molar refractivity (Wildman–Crippen MR) is 98.3 cm³/mol. The minimum atomic E-state index is -0.785. The molecule has 0 saturated heterocycles. The molecule has 3 aromatic rings. The SMILES string of the molecule is N/C(=N\OC(=O)c1cc(-c2ccc(Cl)cc2)n[nH]1)c1ccc([N+](=O)[O-])cc1. The van der Waals surface area contributed by atoms with Gasteiger partial charge in [0.25, 0.3) is 5.69 Å². The van der Waals surface area contributed by atoms with E-state index in [4.69, 9.17) is 22.2 Å². The Bertz CT molecular complexity index is 1010. The highest BCUT2D eigenvalue weighted by Gasteiger charge is 2.13. The summed E-state index contributed by atoms with van der Waals surface area (Å²) >= 11 is 5.84. The fourth-order valence-electron chi connectivity index (χ4n) is 2.14. The molecule has 2 aromatic carbocycles. The molecular weight excluding hydrogens is 374 g/mol. The number of carbonyl (C=O) groups excluding carboxylic acids is 1. The maximum Gasteiger partial charge on any atom is 0.383 e. The fraction of sp³-hybridized carbons (Fsp3) is 0. The zero-order valence-electron chi connectivity index (χ0n) is 13.6. The molecule has 136 valence electrons. The molecule has 1 aromatic heterocycles. The van der Waals surface area contributed by atoms with E-state index in [2.05, 4.69) is 15.4 Å². The zero-order valence-corrected chi connectivity index (χ0v) is 14.4. The fourth-order valence-corrected chi connectivity index (χ4v) is 2.27. The average molecular weight is 386 g/mol. The molecule has 3 N–H and O–H groups in total. The summed E-state index contributed by atoms with van der Waals surface area (Å²) < 4.78 is 0. The molecule has 0 aliphatic carbocycles. The number of oxime groups is 1. The molecule has 9 nitrogen and oxygen atoms in total. The van der Waals surface area contributed by atoms with Crippen molar-refractivity contribution >= 4 is 29.1 Å². The van der Waals surface area contributed by atoms with Crippen LogP contribution in [0.3, 0.4) is 0 Å². The van der Waals surface area contributed by atoms with Gasteiger partial charge in [-0.1, -0.05) is 28.9 Å². The highest BCUT2D eigenvalue weighted by Crippen LogP contribution is 2.20. The monoisotopic (exact) mass is 385 g/mol. The lowest BCUT2D eigenvalue weighted by Gasteiger charge is -2.00. The summed E-state index contributed by atoms with van der Waals surface area (Å²) in [5, 5.41) is 21.4. The minimum Gasteiger partial charge on any atom is -0.380 e. The summed E-state index contributed by atoms with van der Waals surface area (Å²) in [6.45, 7) is 0. The number of rotatable bonds is 5. The molecule has 0 spiro atoms. The second-order valence-electron chi connectivity index (χ2n) is 5.33. The van der Waals surface area contributed by atoms with Crippen LogP contribution in [-0.4, -0.2) is 26.9 Å². The topological polar surface area (TPSA) is 137 Å². The number of aromatic nitrogens is 2. The molecule has 10 heteroatoms. The molecule has 0 bridgehead atoms. The van der Waals surface area contributed by atoms with Crippen molar-refractivity contribution in [1.82, 2.24) is 10.2 Å². The van der Waals surface area contributed by atoms with Crippen LogP contribution >= 0.6 is 11.6 Å². The van der Waals surface area contributed by atoms with Gasteiger partial charge in [-0.3, -0.25) is 15.2 Å². The van der Waals surface area contributed by atoms with Crippen molar-refractivity contribution in [1.29, 1.82) is 0 Å². The Balaban J connectivity index is 1.69. The lowest BCUT2D eigenvalue weighted by Crippen LogP contribution is -2.15. The number of amidine groups is 1. The van der Waals surface area contributed by atoms with E-state index in [1.54, 1.807) is 24.3 Å². The van der Waals surface area contributed by atoms with Crippen LogP contribution in [0.25, 0.3) is 11.3 Å². The third-order valence-corrected chi connectivity index (χ3v) is 3.79.